The second-order valence-electron chi connectivity index (χ2n) is 1.29. The van der Waals surface area contributed by atoms with Crippen molar-refractivity contribution >= 4 is 33.6 Å². The van der Waals surface area contributed by atoms with Crippen molar-refractivity contribution in [1.82, 2.24) is 0 Å². The number of aliphatic hydroxyl groups excluding tert-OH is 1. The van der Waals surface area contributed by atoms with E-state index in [4.69, 9.17) is 5.11 Å². The first-order valence-electron chi connectivity index (χ1n) is 2.47. The van der Waals surface area contributed by atoms with Crippen LogP contribution in [0.1, 0.15) is 9.67 Å². The molecular weight excluding hydrogens is 216 g/mol. The van der Waals surface area contributed by atoms with Gasteiger partial charge in [0.15, 0.2) is 6.29 Å². The zero-order valence-electron chi connectivity index (χ0n) is 5.37. The van der Waals surface area contributed by atoms with Crippen molar-refractivity contribution in [2.75, 3.05) is 7.11 Å². The third-order valence-corrected chi connectivity index (χ3v) is 2.32. The molecule has 1 heterocycles. The summed E-state index contributed by atoms with van der Waals surface area (Å²) in [5.74, 6) is 0. The quantitative estimate of drug-likeness (QED) is 0.738. The van der Waals surface area contributed by atoms with E-state index in [2.05, 4.69) is 15.9 Å². The summed E-state index contributed by atoms with van der Waals surface area (Å²) in [7, 11) is 1.00. The zero-order valence-corrected chi connectivity index (χ0v) is 7.78. The molecule has 0 bridgehead atoms. The Morgan fingerprint density at radius 2 is 2.30 bits per heavy atom. The molecule has 0 aliphatic rings. The summed E-state index contributed by atoms with van der Waals surface area (Å²) in [5, 5.41) is 8.88. The number of hydrogen-bond acceptors (Lipinski definition) is 3. The molecule has 0 radical (unpaired) electrons. The normalized spacial score (nSPS) is 7.90. The average Bonchev–Trinajstić information content (AvgIpc) is 2.40. The van der Waals surface area contributed by atoms with Gasteiger partial charge in [-0.25, -0.2) is 0 Å². The van der Waals surface area contributed by atoms with Gasteiger partial charge in [0.1, 0.15) is 0 Å². The highest BCUT2D eigenvalue weighted by molar-refractivity contribution is 9.10. The monoisotopic (exact) mass is 222 g/mol. The van der Waals surface area contributed by atoms with Crippen LogP contribution in [0.3, 0.4) is 0 Å². The number of rotatable bonds is 1. The summed E-state index contributed by atoms with van der Waals surface area (Å²) in [4.78, 5) is 10.8. The number of hydrogen-bond donors (Lipinski definition) is 1. The summed E-state index contributed by atoms with van der Waals surface area (Å²) < 4.78 is 0.976. The standard InChI is InChI=1S/C5H3BrOS.CH4O/c6-4-1-5(2-7)8-3-4;1-2/h1-3H;2H,1H3. The van der Waals surface area contributed by atoms with Crippen LogP contribution in [0.2, 0.25) is 0 Å². The highest BCUT2D eigenvalue weighted by Crippen LogP contribution is 2.17. The van der Waals surface area contributed by atoms with Crippen LogP contribution < -0.4 is 0 Å². The van der Waals surface area contributed by atoms with Crippen molar-refractivity contribution in [3.05, 3.63) is 20.8 Å². The Bertz CT molecular complexity index is 197. The fourth-order valence-corrected chi connectivity index (χ4v) is 1.64. The van der Waals surface area contributed by atoms with E-state index in [-0.39, 0.29) is 0 Å². The van der Waals surface area contributed by atoms with Crippen LogP contribution in [-0.2, 0) is 0 Å². The number of halogens is 1. The van der Waals surface area contributed by atoms with Crippen LogP contribution in [0.15, 0.2) is 15.9 Å². The molecule has 0 fully saturated rings. The summed E-state index contributed by atoms with van der Waals surface area (Å²) in [6.45, 7) is 0. The molecule has 56 valence electrons. The Kier molecular flexibility index (Phi) is 5.48. The van der Waals surface area contributed by atoms with Gasteiger partial charge in [0.25, 0.3) is 0 Å². The minimum Gasteiger partial charge on any atom is -0.400 e. The van der Waals surface area contributed by atoms with Crippen LogP contribution in [0.5, 0.6) is 0 Å². The predicted molar refractivity (Wildman–Crippen MR) is 45.5 cm³/mol. The van der Waals surface area contributed by atoms with E-state index in [9.17, 15) is 4.79 Å². The second kappa shape index (κ2) is 5.58. The Labute approximate surface area is 71.6 Å². The third-order valence-electron chi connectivity index (χ3n) is 0.704. The zero-order chi connectivity index (χ0) is 7.98. The van der Waals surface area contributed by atoms with Crippen LogP contribution in [0.4, 0.5) is 0 Å². The van der Waals surface area contributed by atoms with Crippen molar-refractivity contribution in [1.29, 1.82) is 0 Å². The molecule has 0 aromatic carbocycles. The van der Waals surface area contributed by atoms with Crippen molar-refractivity contribution in [2.24, 2.45) is 0 Å². The lowest BCUT2D eigenvalue weighted by molar-refractivity contribution is 0.112. The van der Waals surface area contributed by atoms with Crippen molar-refractivity contribution in [3.8, 4) is 0 Å². The molecule has 1 aromatic rings. The van der Waals surface area contributed by atoms with Crippen LogP contribution in [0, 0.1) is 0 Å². The van der Waals surface area contributed by atoms with E-state index in [0.29, 0.717) is 0 Å². The first-order chi connectivity index (χ1) is 4.83. The van der Waals surface area contributed by atoms with Crippen molar-refractivity contribution in [2.45, 2.75) is 0 Å². The summed E-state index contributed by atoms with van der Waals surface area (Å²) >= 11 is 4.66. The van der Waals surface area contributed by atoms with Crippen LogP contribution in [-0.4, -0.2) is 18.5 Å². The molecule has 10 heavy (non-hydrogen) atoms. The van der Waals surface area contributed by atoms with Gasteiger partial charge in [-0.15, -0.1) is 11.3 Å². The van der Waals surface area contributed by atoms with Gasteiger partial charge in [-0.05, 0) is 22.0 Å². The van der Waals surface area contributed by atoms with Gasteiger partial charge in [-0.1, -0.05) is 0 Å². The molecule has 0 aliphatic carbocycles. The molecule has 0 spiro atoms. The first kappa shape index (κ1) is 9.81. The van der Waals surface area contributed by atoms with Gasteiger partial charge in [-0.3, -0.25) is 4.79 Å². The van der Waals surface area contributed by atoms with E-state index >= 15 is 0 Å². The first-order valence-corrected chi connectivity index (χ1v) is 4.14. The van der Waals surface area contributed by atoms with E-state index in [0.717, 1.165) is 22.7 Å². The van der Waals surface area contributed by atoms with Crippen LogP contribution in [0.25, 0.3) is 0 Å². The molecule has 0 atom stereocenters. The predicted octanol–water partition coefficient (Wildman–Crippen LogP) is 1.93. The fourth-order valence-electron chi connectivity index (χ4n) is 0.390. The fraction of sp³-hybridized carbons (Fsp3) is 0.167. The number of aliphatic hydroxyl groups is 1. The number of carbonyl (C=O) groups excluding carboxylic acids is 1. The number of carbonyl (C=O) groups is 1. The van der Waals surface area contributed by atoms with E-state index in [1.54, 1.807) is 6.07 Å². The second-order valence-corrected chi connectivity index (χ2v) is 3.14. The maximum Gasteiger partial charge on any atom is 0.160 e. The lowest BCUT2D eigenvalue weighted by atomic mass is 10.5. The molecule has 1 rings (SSSR count). The molecule has 0 unspecified atom stereocenters. The van der Waals surface area contributed by atoms with E-state index in [1.165, 1.54) is 11.3 Å². The Morgan fingerprint density at radius 1 is 1.70 bits per heavy atom. The highest BCUT2D eigenvalue weighted by Gasteiger charge is 1.91. The Morgan fingerprint density at radius 3 is 2.50 bits per heavy atom. The van der Waals surface area contributed by atoms with Gasteiger partial charge in [0.2, 0.25) is 0 Å². The molecular formula is C6H7BrO2S. The molecule has 0 amide bonds. The van der Waals surface area contributed by atoms with Gasteiger partial charge in [0, 0.05) is 17.0 Å². The molecule has 2 nitrogen and oxygen atoms in total. The minimum atomic E-state index is 0.761. The Balaban J connectivity index is 0.000000371. The van der Waals surface area contributed by atoms with E-state index < -0.39 is 0 Å². The lowest BCUT2D eigenvalue weighted by Crippen LogP contribution is -1.62. The third kappa shape index (κ3) is 3.10. The smallest absolute Gasteiger partial charge is 0.160 e. The minimum absolute atomic E-state index is 0.761. The number of thiophene rings is 1. The summed E-state index contributed by atoms with van der Waals surface area (Å²) in [6, 6.07) is 1.79. The topological polar surface area (TPSA) is 37.3 Å². The maximum atomic E-state index is 10.0. The maximum absolute atomic E-state index is 10.0. The molecule has 4 heteroatoms. The molecule has 1 N–H and O–H groups in total. The van der Waals surface area contributed by atoms with Crippen molar-refractivity contribution in [3.63, 3.8) is 0 Å². The molecule has 0 saturated carbocycles. The Hall–Kier alpha value is -0.190. The SMILES string of the molecule is CO.O=Cc1cc(Br)cs1. The van der Waals surface area contributed by atoms with Gasteiger partial charge < -0.3 is 5.11 Å². The average molecular weight is 223 g/mol. The number of aldehydes is 1. The van der Waals surface area contributed by atoms with Gasteiger partial charge in [0.05, 0.1) is 4.88 Å². The van der Waals surface area contributed by atoms with Gasteiger partial charge in [-0.2, -0.15) is 0 Å². The van der Waals surface area contributed by atoms with Gasteiger partial charge >= 0.3 is 0 Å². The highest BCUT2D eigenvalue weighted by atomic mass is 79.9. The van der Waals surface area contributed by atoms with Crippen molar-refractivity contribution < 1.29 is 9.90 Å². The molecule has 1 aromatic heterocycles. The van der Waals surface area contributed by atoms with Crippen LogP contribution >= 0.6 is 27.3 Å². The summed E-state index contributed by atoms with van der Waals surface area (Å²) in [6.07, 6.45) is 0.843. The van der Waals surface area contributed by atoms with E-state index in [1.807, 2.05) is 5.38 Å². The summed E-state index contributed by atoms with van der Waals surface area (Å²) in [5.41, 5.74) is 0. The molecule has 0 saturated heterocycles. The lowest BCUT2D eigenvalue weighted by Gasteiger charge is -1.68. The largest absolute Gasteiger partial charge is 0.400 e. The molecule has 0 aliphatic heterocycles.